The molecule has 2 rings (SSSR count). The van der Waals surface area contributed by atoms with E-state index >= 15 is 0 Å². The minimum atomic E-state index is 0.366. The van der Waals surface area contributed by atoms with Crippen molar-refractivity contribution in [3.05, 3.63) is 18.0 Å². The zero-order valence-electron chi connectivity index (χ0n) is 10.6. The molecular formula is C13H23N3. The van der Waals surface area contributed by atoms with Crippen molar-refractivity contribution < 1.29 is 0 Å². The van der Waals surface area contributed by atoms with Crippen molar-refractivity contribution in [3.8, 4) is 0 Å². The summed E-state index contributed by atoms with van der Waals surface area (Å²) in [5, 5.41) is 10.8. The van der Waals surface area contributed by atoms with Crippen molar-refractivity contribution in [1.82, 2.24) is 15.5 Å². The molecule has 0 aromatic carbocycles. The number of nitrogens with one attached hydrogen (secondary N) is 2. The van der Waals surface area contributed by atoms with Crippen LogP contribution in [-0.4, -0.2) is 16.2 Å². The van der Waals surface area contributed by atoms with Crippen molar-refractivity contribution in [1.29, 1.82) is 0 Å². The molecule has 1 heterocycles. The van der Waals surface area contributed by atoms with Crippen molar-refractivity contribution in [2.75, 3.05) is 0 Å². The van der Waals surface area contributed by atoms with Gasteiger partial charge in [0.05, 0.1) is 5.69 Å². The highest BCUT2D eigenvalue weighted by molar-refractivity contribution is 5.04. The van der Waals surface area contributed by atoms with Gasteiger partial charge in [-0.25, -0.2) is 0 Å². The van der Waals surface area contributed by atoms with Crippen LogP contribution in [0.4, 0.5) is 0 Å². The summed E-state index contributed by atoms with van der Waals surface area (Å²) in [6, 6.07) is 3.04. The van der Waals surface area contributed by atoms with E-state index in [1.807, 2.05) is 12.3 Å². The van der Waals surface area contributed by atoms with Crippen LogP contribution in [0.2, 0.25) is 0 Å². The van der Waals surface area contributed by atoms with Crippen LogP contribution in [0, 0.1) is 5.41 Å². The molecular weight excluding hydrogens is 198 g/mol. The summed E-state index contributed by atoms with van der Waals surface area (Å²) >= 11 is 0. The summed E-state index contributed by atoms with van der Waals surface area (Å²) < 4.78 is 0. The number of H-pyrrole nitrogens is 1. The van der Waals surface area contributed by atoms with Crippen LogP contribution in [0.5, 0.6) is 0 Å². The molecule has 2 unspecified atom stereocenters. The summed E-state index contributed by atoms with van der Waals surface area (Å²) in [4.78, 5) is 0. The van der Waals surface area contributed by atoms with E-state index in [9.17, 15) is 0 Å². The van der Waals surface area contributed by atoms with Gasteiger partial charge in [0.1, 0.15) is 0 Å². The number of nitrogens with zero attached hydrogens (tertiary/aromatic N) is 1. The van der Waals surface area contributed by atoms with Crippen LogP contribution < -0.4 is 5.32 Å². The highest BCUT2D eigenvalue weighted by Crippen LogP contribution is 2.36. The first kappa shape index (κ1) is 11.6. The number of hydrogen-bond acceptors (Lipinski definition) is 2. The second-order valence-electron chi connectivity index (χ2n) is 5.69. The van der Waals surface area contributed by atoms with Crippen molar-refractivity contribution >= 4 is 0 Å². The molecule has 1 aromatic heterocycles. The molecule has 90 valence electrons. The Morgan fingerprint density at radius 3 is 2.94 bits per heavy atom. The van der Waals surface area contributed by atoms with Crippen LogP contribution in [0.3, 0.4) is 0 Å². The smallest absolute Gasteiger partial charge is 0.0518 e. The summed E-state index contributed by atoms with van der Waals surface area (Å²) in [5.74, 6) is 0. The molecule has 0 saturated heterocycles. The molecule has 0 radical (unpaired) electrons. The highest BCUT2D eigenvalue weighted by Gasteiger charge is 2.32. The molecule has 2 atom stereocenters. The van der Waals surface area contributed by atoms with Crippen molar-refractivity contribution in [3.63, 3.8) is 0 Å². The molecule has 0 aliphatic heterocycles. The Labute approximate surface area is 98.0 Å². The van der Waals surface area contributed by atoms with E-state index < -0.39 is 0 Å². The first-order valence-electron chi connectivity index (χ1n) is 6.35. The van der Waals surface area contributed by atoms with Gasteiger partial charge in [-0.1, -0.05) is 26.7 Å². The van der Waals surface area contributed by atoms with Crippen molar-refractivity contribution in [2.24, 2.45) is 5.41 Å². The maximum Gasteiger partial charge on any atom is 0.0518 e. The SMILES string of the molecule is CC(NC1CCCCC1(C)C)c1ccn[nH]1. The minimum Gasteiger partial charge on any atom is -0.306 e. The van der Waals surface area contributed by atoms with Crippen molar-refractivity contribution in [2.45, 2.75) is 58.5 Å². The van der Waals surface area contributed by atoms with Gasteiger partial charge in [0, 0.05) is 18.3 Å². The molecule has 1 aliphatic carbocycles. The Balaban J connectivity index is 1.98. The van der Waals surface area contributed by atoms with E-state index in [1.54, 1.807) is 0 Å². The molecule has 0 amide bonds. The molecule has 1 fully saturated rings. The Kier molecular flexibility index (Phi) is 3.33. The molecule has 0 spiro atoms. The molecule has 1 saturated carbocycles. The summed E-state index contributed by atoms with van der Waals surface area (Å²) in [6.45, 7) is 6.96. The minimum absolute atomic E-state index is 0.366. The summed E-state index contributed by atoms with van der Waals surface area (Å²) in [5.41, 5.74) is 1.60. The number of hydrogen-bond donors (Lipinski definition) is 2. The average Bonchev–Trinajstić information content (AvgIpc) is 2.74. The molecule has 1 aliphatic rings. The number of aromatic amines is 1. The second-order valence-corrected chi connectivity index (χ2v) is 5.69. The highest BCUT2D eigenvalue weighted by atomic mass is 15.1. The van der Waals surface area contributed by atoms with E-state index in [0.29, 0.717) is 17.5 Å². The third-order valence-electron chi connectivity index (χ3n) is 3.95. The van der Waals surface area contributed by atoms with Gasteiger partial charge >= 0.3 is 0 Å². The Hall–Kier alpha value is -0.830. The van der Waals surface area contributed by atoms with Gasteiger partial charge in [0.2, 0.25) is 0 Å². The van der Waals surface area contributed by atoms with E-state index in [4.69, 9.17) is 0 Å². The summed E-state index contributed by atoms with van der Waals surface area (Å²) in [7, 11) is 0. The Morgan fingerprint density at radius 2 is 2.31 bits per heavy atom. The fourth-order valence-electron chi connectivity index (χ4n) is 2.70. The largest absolute Gasteiger partial charge is 0.306 e. The normalized spacial score (nSPS) is 26.6. The maximum absolute atomic E-state index is 4.01. The lowest BCUT2D eigenvalue weighted by atomic mass is 9.73. The zero-order chi connectivity index (χ0) is 11.6. The quantitative estimate of drug-likeness (QED) is 0.823. The molecule has 3 nitrogen and oxygen atoms in total. The molecule has 2 N–H and O–H groups in total. The van der Waals surface area contributed by atoms with Gasteiger partial charge in [-0.05, 0) is 31.2 Å². The third kappa shape index (κ3) is 2.46. The lowest BCUT2D eigenvalue weighted by Crippen LogP contribution is -2.45. The summed E-state index contributed by atoms with van der Waals surface area (Å²) in [6.07, 6.45) is 7.19. The first-order valence-corrected chi connectivity index (χ1v) is 6.35. The van der Waals surface area contributed by atoms with Gasteiger partial charge in [0.25, 0.3) is 0 Å². The van der Waals surface area contributed by atoms with Crippen LogP contribution in [0.1, 0.15) is 58.2 Å². The molecule has 1 aromatic rings. The molecule has 0 bridgehead atoms. The monoisotopic (exact) mass is 221 g/mol. The Bertz CT molecular complexity index is 316. The van der Waals surface area contributed by atoms with E-state index in [1.165, 1.54) is 31.4 Å². The predicted octanol–water partition coefficient (Wildman–Crippen LogP) is 3.03. The average molecular weight is 221 g/mol. The van der Waals surface area contributed by atoms with E-state index in [-0.39, 0.29) is 0 Å². The first-order chi connectivity index (χ1) is 7.59. The van der Waals surface area contributed by atoms with Gasteiger partial charge in [-0.3, -0.25) is 5.10 Å². The lowest BCUT2D eigenvalue weighted by Gasteiger charge is -2.40. The zero-order valence-corrected chi connectivity index (χ0v) is 10.6. The molecule has 16 heavy (non-hydrogen) atoms. The second kappa shape index (κ2) is 4.58. The van der Waals surface area contributed by atoms with Crippen LogP contribution in [-0.2, 0) is 0 Å². The van der Waals surface area contributed by atoms with Gasteiger partial charge < -0.3 is 5.32 Å². The van der Waals surface area contributed by atoms with Gasteiger partial charge in [-0.2, -0.15) is 5.10 Å². The standard InChI is InChI=1S/C13H23N3/c1-10(11-7-9-14-16-11)15-12-6-4-5-8-13(12,2)3/h7,9-10,12,15H,4-6,8H2,1-3H3,(H,14,16). The van der Waals surface area contributed by atoms with Gasteiger partial charge in [0.15, 0.2) is 0 Å². The topological polar surface area (TPSA) is 40.7 Å². The van der Waals surface area contributed by atoms with Crippen LogP contribution in [0.15, 0.2) is 12.3 Å². The van der Waals surface area contributed by atoms with Gasteiger partial charge in [-0.15, -0.1) is 0 Å². The number of rotatable bonds is 3. The lowest BCUT2D eigenvalue weighted by molar-refractivity contribution is 0.157. The fraction of sp³-hybridized carbons (Fsp3) is 0.769. The number of aromatic nitrogens is 2. The maximum atomic E-state index is 4.01. The third-order valence-corrected chi connectivity index (χ3v) is 3.95. The predicted molar refractivity (Wildman–Crippen MR) is 66.2 cm³/mol. The van der Waals surface area contributed by atoms with Crippen LogP contribution in [0.25, 0.3) is 0 Å². The molecule has 3 heteroatoms. The van der Waals surface area contributed by atoms with Crippen LogP contribution >= 0.6 is 0 Å². The Morgan fingerprint density at radius 1 is 1.50 bits per heavy atom. The van der Waals surface area contributed by atoms with E-state index in [2.05, 4.69) is 36.3 Å². The van der Waals surface area contributed by atoms with E-state index in [0.717, 1.165) is 0 Å². The fourth-order valence-corrected chi connectivity index (χ4v) is 2.70.